The summed E-state index contributed by atoms with van der Waals surface area (Å²) in [6, 6.07) is 11.2. The van der Waals surface area contributed by atoms with Gasteiger partial charge in [0.25, 0.3) is 0 Å². The van der Waals surface area contributed by atoms with Crippen molar-refractivity contribution in [3.05, 3.63) is 54.3 Å². The Morgan fingerprint density at radius 2 is 1.65 bits per heavy atom. The number of para-hydroxylation sites is 1. The van der Waals surface area contributed by atoms with Crippen molar-refractivity contribution in [2.24, 2.45) is 0 Å². The third-order valence-corrected chi connectivity index (χ3v) is 4.87. The highest BCUT2D eigenvalue weighted by Crippen LogP contribution is 2.24. The van der Waals surface area contributed by atoms with Crippen LogP contribution in [0.4, 0.5) is 28.9 Å². The van der Waals surface area contributed by atoms with Gasteiger partial charge in [-0.2, -0.15) is 0 Å². The van der Waals surface area contributed by atoms with Crippen molar-refractivity contribution in [1.82, 2.24) is 9.80 Å². The van der Waals surface area contributed by atoms with Gasteiger partial charge in [0.2, 0.25) is 5.91 Å². The molecule has 0 spiro atoms. The Bertz CT molecular complexity index is 916. The summed E-state index contributed by atoms with van der Waals surface area (Å²) in [4.78, 5) is 16.1. The van der Waals surface area contributed by atoms with E-state index in [1.807, 2.05) is 9.80 Å². The molecule has 2 N–H and O–H groups in total. The molecule has 166 valence electrons. The van der Waals surface area contributed by atoms with Gasteiger partial charge < -0.3 is 20.3 Å². The first-order valence-electron chi connectivity index (χ1n) is 9.38. The number of nitrogens with zero attached hydrogens (tertiary/aromatic N) is 2. The smallest absolute Gasteiger partial charge is 0.406 e. The van der Waals surface area contributed by atoms with Gasteiger partial charge in [-0.1, -0.05) is 12.1 Å². The summed E-state index contributed by atoms with van der Waals surface area (Å²) in [5, 5.41) is 5.94. The maximum Gasteiger partial charge on any atom is 0.573 e. The highest BCUT2D eigenvalue weighted by Gasteiger charge is 2.31. The van der Waals surface area contributed by atoms with E-state index in [1.165, 1.54) is 18.2 Å². The van der Waals surface area contributed by atoms with Gasteiger partial charge in [0.1, 0.15) is 11.6 Å². The van der Waals surface area contributed by atoms with E-state index < -0.39 is 12.2 Å². The molecule has 0 saturated carbocycles. The summed E-state index contributed by atoms with van der Waals surface area (Å²) in [6.45, 7) is 2.41. The van der Waals surface area contributed by atoms with E-state index in [0.717, 1.165) is 12.1 Å². The molecule has 0 unspecified atom stereocenters. The van der Waals surface area contributed by atoms with Gasteiger partial charge in [-0.15, -0.1) is 13.2 Å². The molecule has 0 aliphatic carbocycles. The zero-order valence-corrected chi connectivity index (χ0v) is 17.1. The molecule has 0 atom stereocenters. The number of rotatable bonds is 5. The molecule has 31 heavy (non-hydrogen) atoms. The predicted molar refractivity (Wildman–Crippen MR) is 112 cm³/mol. The highest BCUT2D eigenvalue weighted by molar-refractivity contribution is 7.80. The third kappa shape index (κ3) is 7.07. The molecular weight excluding hydrogens is 436 g/mol. The first kappa shape index (κ1) is 22.8. The molecule has 0 bridgehead atoms. The van der Waals surface area contributed by atoms with Gasteiger partial charge in [-0.25, -0.2) is 4.39 Å². The van der Waals surface area contributed by atoms with Crippen LogP contribution in [0.3, 0.4) is 0 Å². The number of carbonyl (C=O) groups excluding carboxylic acids is 1. The van der Waals surface area contributed by atoms with Gasteiger partial charge >= 0.3 is 6.36 Å². The minimum absolute atomic E-state index is 0.127. The Morgan fingerprint density at radius 1 is 1.00 bits per heavy atom. The summed E-state index contributed by atoms with van der Waals surface area (Å²) >= 11 is 5.34. The molecule has 2 aromatic rings. The van der Waals surface area contributed by atoms with Crippen LogP contribution in [0.2, 0.25) is 0 Å². The molecule has 3 rings (SSSR count). The molecule has 1 fully saturated rings. The number of carbonyl (C=O) groups is 1. The first-order valence-corrected chi connectivity index (χ1v) is 9.79. The Labute approximate surface area is 181 Å². The second-order valence-electron chi connectivity index (χ2n) is 6.79. The first-order chi connectivity index (χ1) is 14.7. The lowest BCUT2D eigenvalue weighted by Gasteiger charge is -2.35. The fraction of sp³-hybridized carbons (Fsp3) is 0.300. The van der Waals surface area contributed by atoms with E-state index in [0.29, 0.717) is 42.7 Å². The van der Waals surface area contributed by atoms with Crippen molar-refractivity contribution in [3.63, 3.8) is 0 Å². The van der Waals surface area contributed by atoms with Crippen LogP contribution >= 0.6 is 12.2 Å². The second-order valence-corrected chi connectivity index (χ2v) is 7.18. The minimum Gasteiger partial charge on any atom is -0.406 e. The SMILES string of the molecule is O=C(CN1CCN(C(=S)Nc2ccccc2F)CC1)Nc1ccc(OC(F)(F)F)cc1. The number of ether oxygens (including phenoxy) is 1. The maximum absolute atomic E-state index is 13.7. The normalized spacial score (nSPS) is 14.8. The fourth-order valence-corrected chi connectivity index (χ4v) is 3.30. The van der Waals surface area contributed by atoms with E-state index >= 15 is 0 Å². The van der Waals surface area contributed by atoms with Crippen molar-refractivity contribution < 1.29 is 27.1 Å². The average Bonchev–Trinajstić information content (AvgIpc) is 2.70. The van der Waals surface area contributed by atoms with Crippen LogP contribution in [0.25, 0.3) is 0 Å². The number of thiocarbonyl (C=S) groups is 1. The third-order valence-electron chi connectivity index (χ3n) is 4.51. The fourth-order valence-electron chi connectivity index (χ4n) is 3.01. The number of hydrogen-bond donors (Lipinski definition) is 2. The van der Waals surface area contributed by atoms with Crippen LogP contribution in [0.5, 0.6) is 5.75 Å². The van der Waals surface area contributed by atoms with Gasteiger partial charge in [-0.3, -0.25) is 9.69 Å². The number of hydrogen-bond acceptors (Lipinski definition) is 4. The van der Waals surface area contributed by atoms with Gasteiger partial charge in [0.15, 0.2) is 5.11 Å². The number of anilines is 2. The lowest BCUT2D eigenvalue weighted by Crippen LogP contribution is -2.51. The number of halogens is 4. The van der Waals surface area contributed by atoms with Crippen LogP contribution in [0.1, 0.15) is 0 Å². The van der Waals surface area contributed by atoms with Gasteiger partial charge in [0, 0.05) is 31.9 Å². The van der Waals surface area contributed by atoms with E-state index in [9.17, 15) is 22.4 Å². The van der Waals surface area contributed by atoms with Crippen LogP contribution in [-0.2, 0) is 4.79 Å². The molecule has 1 saturated heterocycles. The largest absolute Gasteiger partial charge is 0.573 e. The molecule has 0 radical (unpaired) electrons. The summed E-state index contributed by atoms with van der Waals surface area (Å²) < 4.78 is 54.1. The Kier molecular flexibility index (Phi) is 7.29. The quantitative estimate of drug-likeness (QED) is 0.529. The molecule has 1 aliphatic rings. The Hall–Kier alpha value is -2.92. The van der Waals surface area contributed by atoms with Crippen molar-refractivity contribution in [3.8, 4) is 5.75 Å². The zero-order chi connectivity index (χ0) is 22.4. The van der Waals surface area contributed by atoms with Crippen LogP contribution < -0.4 is 15.4 Å². The predicted octanol–water partition coefficient (Wildman–Crippen LogP) is 3.68. The standard InChI is InChI=1S/C20H20F4N4O2S/c21-16-3-1-2-4-17(16)26-19(31)28-11-9-27(10-12-28)13-18(29)25-14-5-7-15(8-6-14)30-20(22,23)24/h1-8H,9-13H2,(H,25,29)(H,26,31). The minimum atomic E-state index is -4.76. The lowest BCUT2D eigenvalue weighted by molar-refractivity contribution is -0.274. The molecule has 1 heterocycles. The molecule has 1 aliphatic heterocycles. The monoisotopic (exact) mass is 456 g/mol. The topological polar surface area (TPSA) is 56.8 Å². The van der Waals surface area contributed by atoms with Crippen molar-refractivity contribution in [1.29, 1.82) is 0 Å². The maximum atomic E-state index is 13.7. The summed E-state index contributed by atoms with van der Waals surface area (Å²) in [5.41, 5.74) is 0.675. The second kappa shape index (κ2) is 9.92. The van der Waals surface area contributed by atoms with Gasteiger partial charge in [0.05, 0.1) is 12.2 Å². The average molecular weight is 456 g/mol. The van der Waals surface area contributed by atoms with Crippen molar-refractivity contribution in [2.75, 3.05) is 43.4 Å². The van der Waals surface area contributed by atoms with Gasteiger partial charge in [-0.05, 0) is 48.6 Å². The van der Waals surface area contributed by atoms with Crippen molar-refractivity contribution >= 4 is 34.6 Å². The summed E-state index contributed by atoms with van der Waals surface area (Å²) in [6.07, 6.45) is -4.76. The number of benzene rings is 2. The molecule has 11 heteroatoms. The van der Waals surface area contributed by atoms with Crippen LogP contribution in [0, 0.1) is 5.82 Å². The molecule has 6 nitrogen and oxygen atoms in total. The molecule has 2 aromatic carbocycles. The van der Waals surface area contributed by atoms with E-state index in [4.69, 9.17) is 12.2 Å². The lowest BCUT2D eigenvalue weighted by atomic mass is 10.3. The Balaban J connectivity index is 1.42. The number of piperazine rings is 1. The molecular formula is C20H20F4N4O2S. The van der Waals surface area contributed by atoms with E-state index in [-0.39, 0.29) is 18.2 Å². The summed E-state index contributed by atoms with van der Waals surface area (Å²) in [5.74, 6) is -1.04. The molecule has 0 aromatic heterocycles. The highest BCUT2D eigenvalue weighted by atomic mass is 32.1. The van der Waals surface area contributed by atoms with Crippen LogP contribution in [-0.4, -0.2) is 59.9 Å². The van der Waals surface area contributed by atoms with Crippen molar-refractivity contribution in [2.45, 2.75) is 6.36 Å². The Morgan fingerprint density at radius 3 is 2.26 bits per heavy atom. The number of alkyl halides is 3. The van der Waals surface area contributed by atoms with E-state index in [2.05, 4.69) is 15.4 Å². The number of amides is 1. The zero-order valence-electron chi connectivity index (χ0n) is 16.3. The number of nitrogens with one attached hydrogen (secondary N) is 2. The molecule has 1 amide bonds. The summed E-state index contributed by atoms with van der Waals surface area (Å²) in [7, 11) is 0. The van der Waals surface area contributed by atoms with E-state index in [1.54, 1.807) is 18.2 Å². The van der Waals surface area contributed by atoms with Crippen LogP contribution in [0.15, 0.2) is 48.5 Å².